The number of carbonyl (C=O) groups is 1. The maximum absolute atomic E-state index is 10.8. The Morgan fingerprint density at radius 1 is 1.58 bits per heavy atom. The minimum absolute atomic E-state index is 0.0449. The third-order valence-corrected chi connectivity index (χ3v) is 1.15. The highest BCUT2D eigenvalue weighted by Gasteiger charge is 2.07. The summed E-state index contributed by atoms with van der Waals surface area (Å²) in [7, 11) is 1.24. The van der Waals surface area contributed by atoms with Gasteiger partial charge >= 0.3 is 5.97 Å². The van der Waals surface area contributed by atoms with E-state index in [1.165, 1.54) is 19.5 Å². The van der Waals surface area contributed by atoms with E-state index in [1.54, 1.807) is 0 Å². The van der Waals surface area contributed by atoms with Crippen molar-refractivity contribution in [2.75, 3.05) is 7.11 Å². The van der Waals surface area contributed by atoms with Gasteiger partial charge in [0.05, 0.1) is 12.7 Å². The number of rotatable bonds is 1. The molecule has 0 bridgehead atoms. The fraction of sp³-hybridized carbons (Fsp3) is 0.143. The number of nitriles is 1. The van der Waals surface area contributed by atoms with Gasteiger partial charge in [-0.05, 0) is 0 Å². The molecule has 1 rings (SSSR count). The summed E-state index contributed by atoms with van der Waals surface area (Å²) in [6.45, 7) is 0. The van der Waals surface area contributed by atoms with Gasteiger partial charge in [-0.2, -0.15) is 5.26 Å². The van der Waals surface area contributed by atoms with Gasteiger partial charge < -0.3 is 4.74 Å². The van der Waals surface area contributed by atoms with Gasteiger partial charge in [-0.25, -0.2) is 14.8 Å². The van der Waals surface area contributed by atoms with Crippen molar-refractivity contribution in [3.63, 3.8) is 0 Å². The summed E-state index contributed by atoms with van der Waals surface area (Å²) in [4.78, 5) is 18.0. The van der Waals surface area contributed by atoms with Crippen molar-refractivity contribution in [2.24, 2.45) is 0 Å². The summed E-state index contributed by atoms with van der Waals surface area (Å²) in [5, 5.41) is 8.38. The van der Waals surface area contributed by atoms with Gasteiger partial charge in [0.15, 0.2) is 0 Å². The second kappa shape index (κ2) is 3.44. The molecule has 0 aliphatic rings. The lowest BCUT2D eigenvalue weighted by Gasteiger charge is -1.94. The van der Waals surface area contributed by atoms with E-state index in [1.807, 2.05) is 6.07 Å². The lowest BCUT2D eigenvalue weighted by Crippen LogP contribution is -2.06. The van der Waals surface area contributed by atoms with Crippen molar-refractivity contribution < 1.29 is 9.53 Å². The highest BCUT2D eigenvalue weighted by atomic mass is 16.5. The Bertz CT molecular complexity index is 325. The first-order valence-electron chi connectivity index (χ1n) is 3.08. The molecule has 0 spiro atoms. The van der Waals surface area contributed by atoms with E-state index in [4.69, 9.17) is 5.26 Å². The Morgan fingerprint density at radius 2 is 2.17 bits per heavy atom. The monoisotopic (exact) mass is 163 g/mol. The molecule has 60 valence electrons. The highest BCUT2D eigenvalue weighted by Crippen LogP contribution is 1.94. The van der Waals surface area contributed by atoms with Crippen LogP contribution in [0.15, 0.2) is 12.4 Å². The van der Waals surface area contributed by atoms with Crippen molar-refractivity contribution in [2.45, 2.75) is 0 Å². The molecule has 0 fully saturated rings. The molecule has 0 N–H and O–H groups in total. The minimum Gasteiger partial charge on any atom is -0.463 e. The van der Waals surface area contributed by atoms with Crippen LogP contribution in [0.2, 0.25) is 0 Å². The molecule has 1 aromatic rings. The molecule has 0 amide bonds. The van der Waals surface area contributed by atoms with Gasteiger partial charge in [-0.1, -0.05) is 0 Å². The van der Waals surface area contributed by atoms with Crippen LogP contribution < -0.4 is 0 Å². The van der Waals surface area contributed by atoms with Crippen LogP contribution in [0, 0.1) is 11.3 Å². The van der Waals surface area contributed by atoms with Crippen molar-refractivity contribution in [1.29, 1.82) is 5.26 Å². The van der Waals surface area contributed by atoms with E-state index in [0.717, 1.165) is 0 Å². The second-order valence-corrected chi connectivity index (χ2v) is 1.90. The lowest BCUT2D eigenvalue weighted by molar-refractivity contribution is 0.0586. The van der Waals surface area contributed by atoms with Crippen LogP contribution in [0.5, 0.6) is 0 Å². The molecule has 0 unspecified atom stereocenters. The fourth-order valence-corrected chi connectivity index (χ4v) is 0.582. The molecule has 5 nitrogen and oxygen atoms in total. The molecule has 5 heteroatoms. The highest BCUT2D eigenvalue weighted by molar-refractivity contribution is 5.84. The zero-order chi connectivity index (χ0) is 8.97. The van der Waals surface area contributed by atoms with Gasteiger partial charge in [0.25, 0.3) is 0 Å². The minimum atomic E-state index is -0.612. The van der Waals surface area contributed by atoms with Crippen LogP contribution >= 0.6 is 0 Å². The van der Waals surface area contributed by atoms with Crippen LogP contribution in [0.4, 0.5) is 0 Å². The Morgan fingerprint density at radius 3 is 2.58 bits per heavy atom. The first kappa shape index (κ1) is 8.14. The first-order chi connectivity index (χ1) is 5.77. The van der Waals surface area contributed by atoms with E-state index >= 15 is 0 Å². The number of hydrogen-bond acceptors (Lipinski definition) is 5. The predicted octanol–water partition coefficient (Wildman–Crippen LogP) is 0.135. The molecule has 0 aliphatic heterocycles. The van der Waals surface area contributed by atoms with Gasteiger partial charge in [0, 0.05) is 12.4 Å². The molecule has 12 heavy (non-hydrogen) atoms. The Hall–Kier alpha value is -1.96. The molecule has 0 saturated heterocycles. The summed E-state index contributed by atoms with van der Waals surface area (Å²) in [6, 6.07) is 1.83. The zero-order valence-electron chi connectivity index (χ0n) is 6.31. The van der Waals surface area contributed by atoms with E-state index in [9.17, 15) is 4.79 Å². The third-order valence-electron chi connectivity index (χ3n) is 1.15. The summed E-state index contributed by atoms with van der Waals surface area (Å²) < 4.78 is 4.36. The third kappa shape index (κ3) is 1.55. The van der Waals surface area contributed by atoms with Crippen LogP contribution in [0.1, 0.15) is 16.2 Å². The molecule has 0 aromatic carbocycles. The summed E-state index contributed by atoms with van der Waals surface area (Å²) in [5.41, 5.74) is 0.308. The van der Waals surface area contributed by atoms with E-state index in [-0.39, 0.29) is 5.82 Å². The molecular formula is C7H5N3O2. The van der Waals surface area contributed by atoms with Crippen molar-refractivity contribution in [3.8, 4) is 6.07 Å². The lowest BCUT2D eigenvalue weighted by atomic mass is 10.4. The Kier molecular flexibility index (Phi) is 2.33. The van der Waals surface area contributed by atoms with E-state index in [2.05, 4.69) is 14.7 Å². The number of hydrogen-bond donors (Lipinski definition) is 0. The number of ether oxygens (including phenoxy) is 1. The molecule has 0 aliphatic carbocycles. The summed E-state index contributed by atoms with van der Waals surface area (Å²) in [5.74, 6) is -0.656. The molecule has 0 radical (unpaired) electrons. The molecule has 1 heterocycles. The number of carbonyl (C=O) groups excluding carboxylic acids is 1. The topological polar surface area (TPSA) is 75.9 Å². The van der Waals surface area contributed by atoms with Crippen LogP contribution in [0.25, 0.3) is 0 Å². The maximum Gasteiger partial charge on any atom is 0.376 e. The van der Waals surface area contributed by atoms with E-state index < -0.39 is 5.97 Å². The van der Waals surface area contributed by atoms with Crippen LogP contribution in [0.3, 0.4) is 0 Å². The smallest absolute Gasteiger partial charge is 0.376 e. The van der Waals surface area contributed by atoms with Crippen LogP contribution in [-0.2, 0) is 4.74 Å². The molecule has 1 aromatic heterocycles. The fourth-order valence-electron chi connectivity index (χ4n) is 0.582. The SMILES string of the molecule is COC(=O)c1ncc(C#N)cn1. The maximum atomic E-state index is 10.8. The van der Waals surface area contributed by atoms with Gasteiger partial charge in [-0.3, -0.25) is 0 Å². The average Bonchev–Trinajstić information content (AvgIpc) is 2.17. The van der Waals surface area contributed by atoms with Crippen LogP contribution in [-0.4, -0.2) is 23.0 Å². The zero-order valence-corrected chi connectivity index (χ0v) is 6.31. The molecule has 0 saturated carbocycles. The number of esters is 1. The molecular weight excluding hydrogens is 158 g/mol. The molecule has 0 atom stereocenters. The normalized spacial score (nSPS) is 8.67. The number of nitrogens with zero attached hydrogens (tertiary/aromatic N) is 3. The van der Waals surface area contributed by atoms with Gasteiger partial charge in [-0.15, -0.1) is 0 Å². The summed E-state index contributed by atoms with van der Waals surface area (Å²) >= 11 is 0. The largest absolute Gasteiger partial charge is 0.463 e. The number of aromatic nitrogens is 2. The van der Waals surface area contributed by atoms with Gasteiger partial charge in [0.1, 0.15) is 6.07 Å². The van der Waals surface area contributed by atoms with E-state index in [0.29, 0.717) is 5.56 Å². The predicted molar refractivity (Wildman–Crippen MR) is 38.1 cm³/mol. The van der Waals surface area contributed by atoms with Crippen molar-refractivity contribution >= 4 is 5.97 Å². The summed E-state index contributed by atoms with van der Waals surface area (Å²) in [6.07, 6.45) is 2.53. The number of methoxy groups -OCH3 is 1. The average molecular weight is 163 g/mol. The quantitative estimate of drug-likeness (QED) is 0.550. The standard InChI is InChI=1S/C7H5N3O2/c1-12-7(11)6-9-3-5(2-8)4-10-6/h3-4H,1H3. The van der Waals surface area contributed by atoms with Gasteiger partial charge in [0.2, 0.25) is 5.82 Å². The van der Waals surface area contributed by atoms with Crippen molar-refractivity contribution in [1.82, 2.24) is 9.97 Å². The van der Waals surface area contributed by atoms with Crippen molar-refractivity contribution in [3.05, 3.63) is 23.8 Å². The Labute approximate surface area is 68.6 Å². The first-order valence-corrected chi connectivity index (χ1v) is 3.08. The Balaban J connectivity index is 2.94. The second-order valence-electron chi connectivity index (χ2n) is 1.90.